The third-order valence-corrected chi connectivity index (χ3v) is 3.84. The number of fused-ring (bicyclic) bond motifs is 1. The Labute approximate surface area is 128 Å². The highest BCUT2D eigenvalue weighted by Crippen LogP contribution is 2.26. The second kappa shape index (κ2) is 5.45. The fourth-order valence-corrected chi connectivity index (χ4v) is 2.62. The molecule has 0 saturated heterocycles. The van der Waals surface area contributed by atoms with Gasteiger partial charge in [-0.05, 0) is 44.0 Å². The summed E-state index contributed by atoms with van der Waals surface area (Å²) in [6, 6.07) is 5.97. The second-order valence-corrected chi connectivity index (χ2v) is 5.89. The van der Waals surface area contributed by atoms with E-state index in [1.54, 1.807) is 0 Å². The molecule has 3 heterocycles. The first-order chi connectivity index (χ1) is 10.1. The summed E-state index contributed by atoms with van der Waals surface area (Å²) in [6.45, 7) is 6.66. The van der Waals surface area contributed by atoms with Gasteiger partial charge < -0.3 is 4.57 Å². The summed E-state index contributed by atoms with van der Waals surface area (Å²) < 4.78 is 2.06. The molecule has 3 aromatic heterocycles. The first kappa shape index (κ1) is 14.0. The molecular formula is C16H17ClN4. The van der Waals surface area contributed by atoms with Gasteiger partial charge >= 0.3 is 0 Å². The number of hydrogen-bond acceptors (Lipinski definition) is 3. The Morgan fingerprint density at radius 2 is 1.95 bits per heavy atom. The van der Waals surface area contributed by atoms with Crippen LogP contribution in [0.4, 0.5) is 0 Å². The minimum absolute atomic E-state index is 0.178. The van der Waals surface area contributed by atoms with Gasteiger partial charge in [0, 0.05) is 12.4 Å². The number of nitrogens with zero attached hydrogens (tertiary/aromatic N) is 4. The van der Waals surface area contributed by atoms with Gasteiger partial charge in [-0.2, -0.15) is 0 Å². The SMILES string of the molecule is Cc1cccnc1Cn1c(C(C)Cl)nc2c(C)ccnc21. The molecular weight excluding hydrogens is 284 g/mol. The van der Waals surface area contributed by atoms with Crippen molar-refractivity contribution in [1.82, 2.24) is 19.5 Å². The molecule has 0 fully saturated rings. The summed E-state index contributed by atoms with van der Waals surface area (Å²) in [6.07, 6.45) is 3.62. The number of halogens is 1. The van der Waals surface area contributed by atoms with Crippen LogP contribution in [-0.2, 0) is 6.54 Å². The lowest BCUT2D eigenvalue weighted by atomic mass is 10.2. The van der Waals surface area contributed by atoms with Crippen LogP contribution in [0.2, 0.25) is 0 Å². The zero-order valence-electron chi connectivity index (χ0n) is 12.3. The molecule has 0 saturated carbocycles. The minimum atomic E-state index is -0.178. The van der Waals surface area contributed by atoms with Crippen LogP contribution < -0.4 is 0 Å². The summed E-state index contributed by atoms with van der Waals surface area (Å²) >= 11 is 6.31. The van der Waals surface area contributed by atoms with Crippen LogP contribution in [-0.4, -0.2) is 19.5 Å². The standard InChI is InChI=1S/C16H17ClN4/c1-10-5-4-7-18-13(10)9-21-15(12(3)17)20-14-11(2)6-8-19-16(14)21/h4-8,12H,9H2,1-3H3. The van der Waals surface area contributed by atoms with E-state index >= 15 is 0 Å². The predicted molar refractivity (Wildman–Crippen MR) is 84.6 cm³/mol. The van der Waals surface area contributed by atoms with Gasteiger partial charge in [0.25, 0.3) is 0 Å². The van der Waals surface area contributed by atoms with E-state index in [0.29, 0.717) is 6.54 Å². The maximum atomic E-state index is 6.31. The molecule has 0 amide bonds. The molecule has 0 aliphatic carbocycles. The first-order valence-electron chi connectivity index (χ1n) is 6.94. The highest BCUT2D eigenvalue weighted by molar-refractivity contribution is 6.20. The number of alkyl halides is 1. The van der Waals surface area contributed by atoms with E-state index in [9.17, 15) is 0 Å². The van der Waals surface area contributed by atoms with Crippen molar-refractivity contribution in [3.63, 3.8) is 0 Å². The van der Waals surface area contributed by atoms with Gasteiger partial charge in [0.1, 0.15) is 11.3 Å². The van der Waals surface area contributed by atoms with Gasteiger partial charge in [0.15, 0.2) is 5.65 Å². The molecule has 3 aromatic rings. The smallest absolute Gasteiger partial charge is 0.160 e. The summed E-state index contributed by atoms with van der Waals surface area (Å²) in [4.78, 5) is 13.6. The third-order valence-electron chi connectivity index (χ3n) is 3.65. The van der Waals surface area contributed by atoms with Gasteiger partial charge in [0.05, 0.1) is 17.6 Å². The van der Waals surface area contributed by atoms with Crippen molar-refractivity contribution in [2.24, 2.45) is 0 Å². The van der Waals surface area contributed by atoms with Crippen molar-refractivity contribution < 1.29 is 0 Å². The van der Waals surface area contributed by atoms with Crippen LogP contribution >= 0.6 is 11.6 Å². The lowest BCUT2D eigenvalue weighted by molar-refractivity contribution is 0.717. The zero-order valence-corrected chi connectivity index (χ0v) is 13.1. The lowest BCUT2D eigenvalue weighted by Gasteiger charge is -2.11. The Bertz CT molecular complexity index is 792. The quantitative estimate of drug-likeness (QED) is 0.691. The Balaban J connectivity index is 2.19. The Morgan fingerprint density at radius 3 is 2.67 bits per heavy atom. The van der Waals surface area contributed by atoms with E-state index in [1.165, 1.54) is 0 Å². The van der Waals surface area contributed by atoms with Crippen LogP contribution in [0, 0.1) is 13.8 Å². The average Bonchev–Trinajstić information content (AvgIpc) is 2.82. The monoisotopic (exact) mass is 300 g/mol. The molecule has 108 valence electrons. The highest BCUT2D eigenvalue weighted by atomic mass is 35.5. The lowest BCUT2D eigenvalue weighted by Crippen LogP contribution is -2.09. The largest absolute Gasteiger partial charge is 0.305 e. The van der Waals surface area contributed by atoms with Gasteiger partial charge in [-0.25, -0.2) is 9.97 Å². The summed E-state index contributed by atoms with van der Waals surface area (Å²) in [5.74, 6) is 0.832. The predicted octanol–water partition coefficient (Wildman–Crippen LogP) is 3.79. The molecule has 0 aromatic carbocycles. The van der Waals surface area contributed by atoms with Crippen LogP contribution in [0.5, 0.6) is 0 Å². The summed E-state index contributed by atoms with van der Waals surface area (Å²) in [5, 5.41) is -0.178. The van der Waals surface area contributed by atoms with E-state index in [-0.39, 0.29) is 5.38 Å². The molecule has 5 heteroatoms. The van der Waals surface area contributed by atoms with Crippen LogP contribution in [0.1, 0.15) is 34.9 Å². The second-order valence-electron chi connectivity index (χ2n) is 5.24. The number of aromatic nitrogens is 4. The van der Waals surface area contributed by atoms with E-state index in [4.69, 9.17) is 11.6 Å². The molecule has 0 spiro atoms. The molecule has 1 atom stereocenters. The normalized spacial score (nSPS) is 12.8. The molecule has 1 unspecified atom stereocenters. The number of imidazole rings is 1. The molecule has 0 bridgehead atoms. The maximum absolute atomic E-state index is 6.31. The van der Waals surface area contributed by atoms with Crippen LogP contribution in [0.15, 0.2) is 30.6 Å². The van der Waals surface area contributed by atoms with Crippen molar-refractivity contribution in [2.75, 3.05) is 0 Å². The Morgan fingerprint density at radius 1 is 1.14 bits per heavy atom. The fraction of sp³-hybridized carbons (Fsp3) is 0.312. The molecule has 21 heavy (non-hydrogen) atoms. The van der Waals surface area contributed by atoms with Crippen molar-refractivity contribution >= 4 is 22.8 Å². The van der Waals surface area contributed by atoms with Crippen molar-refractivity contribution in [3.05, 3.63) is 53.2 Å². The highest BCUT2D eigenvalue weighted by Gasteiger charge is 2.18. The molecule has 4 nitrogen and oxygen atoms in total. The zero-order chi connectivity index (χ0) is 15.0. The minimum Gasteiger partial charge on any atom is -0.305 e. The summed E-state index contributed by atoms with van der Waals surface area (Å²) in [5.41, 5.74) is 5.05. The fourth-order valence-electron chi connectivity index (χ4n) is 2.45. The van der Waals surface area contributed by atoms with Gasteiger partial charge in [-0.15, -0.1) is 11.6 Å². The molecule has 0 aliphatic rings. The Hall–Kier alpha value is -1.94. The number of pyridine rings is 2. The number of hydrogen-bond donors (Lipinski definition) is 0. The average molecular weight is 301 g/mol. The van der Waals surface area contributed by atoms with Crippen molar-refractivity contribution in [2.45, 2.75) is 32.7 Å². The number of rotatable bonds is 3. The van der Waals surface area contributed by atoms with E-state index < -0.39 is 0 Å². The van der Waals surface area contributed by atoms with E-state index in [1.807, 2.05) is 38.4 Å². The van der Waals surface area contributed by atoms with Crippen LogP contribution in [0.3, 0.4) is 0 Å². The van der Waals surface area contributed by atoms with Crippen LogP contribution in [0.25, 0.3) is 11.2 Å². The van der Waals surface area contributed by atoms with Gasteiger partial charge in [-0.1, -0.05) is 6.07 Å². The number of aryl methyl sites for hydroxylation is 2. The molecule has 0 radical (unpaired) electrons. The van der Waals surface area contributed by atoms with Gasteiger partial charge in [-0.3, -0.25) is 4.98 Å². The van der Waals surface area contributed by atoms with Crippen molar-refractivity contribution in [1.29, 1.82) is 0 Å². The first-order valence-corrected chi connectivity index (χ1v) is 7.38. The molecule has 0 aliphatic heterocycles. The molecule has 0 N–H and O–H groups in total. The van der Waals surface area contributed by atoms with Crippen molar-refractivity contribution in [3.8, 4) is 0 Å². The van der Waals surface area contributed by atoms with Gasteiger partial charge in [0.2, 0.25) is 0 Å². The third kappa shape index (κ3) is 2.51. The Kier molecular flexibility index (Phi) is 3.64. The topological polar surface area (TPSA) is 43.6 Å². The summed E-state index contributed by atoms with van der Waals surface area (Å²) in [7, 11) is 0. The molecule has 3 rings (SSSR count). The van der Waals surface area contributed by atoms with E-state index in [2.05, 4.69) is 32.5 Å². The van der Waals surface area contributed by atoms with E-state index in [0.717, 1.165) is 33.8 Å². The maximum Gasteiger partial charge on any atom is 0.160 e.